The topological polar surface area (TPSA) is 154 Å². The molecule has 0 aliphatic heterocycles. The van der Waals surface area contributed by atoms with Crippen molar-refractivity contribution in [1.29, 1.82) is 0 Å². The molecule has 0 unspecified atom stereocenters. The van der Waals surface area contributed by atoms with Crippen LogP contribution in [-0.2, 0) is 0 Å². The minimum atomic E-state index is -0.0901. The van der Waals surface area contributed by atoms with Crippen LogP contribution in [0.25, 0.3) is 0 Å². The summed E-state index contributed by atoms with van der Waals surface area (Å²) in [6.07, 6.45) is 0. The maximum absolute atomic E-state index is 5.26. The second-order valence-corrected chi connectivity index (χ2v) is 4.51. The SMILES string of the molecule is C/C(=N\N=C(N)N)c1cc(C)cc(/C(C)=N/N=C(N)N)c1. The molecular formula is C13H20N8. The van der Waals surface area contributed by atoms with Gasteiger partial charge in [0.15, 0.2) is 0 Å². The second kappa shape index (κ2) is 7.04. The molecule has 0 spiro atoms. The second-order valence-electron chi connectivity index (χ2n) is 4.51. The van der Waals surface area contributed by atoms with E-state index in [1.807, 2.05) is 39.0 Å². The molecular weight excluding hydrogens is 268 g/mol. The van der Waals surface area contributed by atoms with Crippen LogP contribution in [0.4, 0.5) is 0 Å². The predicted molar refractivity (Wildman–Crippen MR) is 87.2 cm³/mol. The van der Waals surface area contributed by atoms with Crippen LogP contribution >= 0.6 is 0 Å². The first kappa shape index (κ1) is 16.2. The summed E-state index contributed by atoms with van der Waals surface area (Å²) in [6.45, 7) is 5.59. The Morgan fingerprint density at radius 2 is 1.10 bits per heavy atom. The third-order valence-electron chi connectivity index (χ3n) is 2.54. The molecule has 0 fully saturated rings. The maximum Gasteiger partial charge on any atom is 0.211 e. The fraction of sp³-hybridized carbons (Fsp3) is 0.231. The number of hydrogen-bond donors (Lipinski definition) is 4. The Balaban J connectivity index is 3.22. The van der Waals surface area contributed by atoms with Gasteiger partial charge in [-0.3, -0.25) is 0 Å². The van der Waals surface area contributed by atoms with Crippen LogP contribution in [0.5, 0.6) is 0 Å². The van der Waals surface area contributed by atoms with Crippen molar-refractivity contribution in [3.8, 4) is 0 Å². The molecule has 0 amide bonds. The van der Waals surface area contributed by atoms with Crippen molar-refractivity contribution >= 4 is 23.3 Å². The van der Waals surface area contributed by atoms with Gasteiger partial charge in [0.05, 0.1) is 11.4 Å². The molecule has 0 heterocycles. The van der Waals surface area contributed by atoms with Gasteiger partial charge >= 0.3 is 0 Å². The van der Waals surface area contributed by atoms with E-state index in [4.69, 9.17) is 22.9 Å². The fourth-order valence-electron chi connectivity index (χ4n) is 1.58. The van der Waals surface area contributed by atoms with E-state index in [0.717, 1.165) is 16.7 Å². The molecule has 0 radical (unpaired) electrons. The first-order chi connectivity index (χ1) is 9.79. The molecule has 0 saturated carbocycles. The fourth-order valence-corrected chi connectivity index (χ4v) is 1.58. The highest BCUT2D eigenvalue weighted by Crippen LogP contribution is 2.12. The number of benzene rings is 1. The Morgan fingerprint density at radius 3 is 1.43 bits per heavy atom. The molecule has 8 heteroatoms. The molecule has 0 saturated heterocycles. The van der Waals surface area contributed by atoms with Crippen LogP contribution in [0.3, 0.4) is 0 Å². The largest absolute Gasteiger partial charge is 0.369 e. The van der Waals surface area contributed by atoms with E-state index >= 15 is 0 Å². The summed E-state index contributed by atoms with van der Waals surface area (Å²) >= 11 is 0. The number of guanidine groups is 2. The Kier molecular flexibility index (Phi) is 5.41. The van der Waals surface area contributed by atoms with E-state index in [1.165, 1.54) is 0 Å². The van der Waals surface area contributed by atoms with Crippen LogP contribution < -0.4 is 22.9 Å². The van der Waals surface area contributed by atoms with Crippen LogP contribution in [0.2, 0.25) is 0 Å². The van der Waals surface area contributed by atoms with Crippen molar-refractivity contribution < 1.29 is 0 Å². The number of hydrogen-bond acceptors (Lipinski definition) is 4. The normalized spacial score (nSPS) is 12.0. The van der Waals surface area contributed by atoms with Crippen molar-refractivity contribution in [3.63, 3.8) is 0 Å². The minimum absolute atomic E-state index is 0.0901. The van der Waals surface area contributed by atoms with Crippen LogP contribution in [0.1, 0.15) is 30.5 Å². The van der Waals surface area contributed by atoms with Gasteiger partial charge < -0.3 is 22.9 Å². The highest BCUT2D eigenvalue weighted by Gasteiger charge is 2.04. The number of rotatable bonds is 4. The Morgan fingerprint density at radius 1 is 0.714 bits per heavy atom. The van der Waals surface area contributed by atoms with Crippen molar-refractivity contribution in [2.75, 3.05) is 0 Å². The molecule has 0 aliphatic rings. The molecule has 0 bridgehead atoms. The van der Waals surface area contributed by atoms with E-state index in [2.05, 4.69) is 20.4 Å². The standard InChI is InChI=1S/C13H20N8/c1-7-4-10(8(2)18-20-12(14)15)6-11(5-7)9(3)19-21-13(16)17/h4-6H,1-3H3,(H4,14,15,20)(H4,16,17,21)/b18-8+,19-9+. The van der Waals surface area contributed by atoms with E-state index in [9.17, 15) is 0 Å². The molecule has 0 aliphatic carbocycles. The Hall–Kier alpha value is -2.90. The van der Waals surface area contributed by atoms with Gasteiger partial charge in [0.2, 0.25) is 11.9 Å². The number of aryl methyl sites for hydroxylation is 1. The van der Waals surface area contributed by atoms with Crippen LogP contribution in [0.15, 0.2) is 38.6 Å². The highest BCUT2D eigenvalue weighted by atomic mass is 15.3. The lowest BCUT2D eigenvalue weighted by Crippen LogP contribution is -2.22. The quantitative estimate of drug-likeness (QED) is 0.349. The van der Waals surface area contributed by atoms with Crippen molar-refractivity contribution in [3.05, 3.63) is 34.9 Å². The molecule has 112 valence electrons. The first-order valence-corrected chi connectivity index (χ1v) is 6.18. The zero-order valence-corrected chi connectivity index (χ0v) is 12.3. The van der Waals surface area contributed by atoms with Gasteiger partial charge in [0, 0.05) is 0 Å². The Labute approximate surface area is 123 Å². The van der Waals surface area contributed by atoms with E-state index < -0.39 is 0 Å². The maximum atomic E-state index is 5.26. The van der Waals surface area contributed by atoms with Gasteiger partial charge in [-0.2, -0.15) is 10.2 Å². The molecule has 1 aromatic carbocycles. The van der Waals surface area contributed by atoms with Crippen LogP contribution in [0, 0.1) is 6.92 Å². The molecule has 8 nitrogen and oxygen atoms in total. The summed E-state index contributed by atoms with van der Waals surface area (Å²) in [4.78, 5) is 0. The lowest BCUT2D eigenvalue weighted by atomic mass is 10.0. The molecule has 21 heavy (non-hydrogen) atoms. The van der Waals surface area contributed by atoms with Crippen LogP contribution in [-0.4, -0.2) is 23.3 Å². The molecule has 1 aromatic rings. The summed E-state index contributed by atoms with van der Waals surface area (Å²) in [7, 11) is 0. The van der Waals surface area contributed by atoms with Gasteiger partial charge in [-0.15, -0.1) is 10.2 Å². The van der Waals surface area contributed by atoms with Gasteiger partial charge in [0.25, 0.3) is 0 Å². The van der Waals surface area contributed by atoms with Crippen molar-refractivity contribution in [1.82, 2.24) is 0 Å². The third-order valence-corrected chi connectivity index (χ3v) is 2.54. The monoisotopic (exact) mass is 288 g/mol. The van der Waals surface area contributed by atoms with Gasteiger partial charge in [0.1, 0.15) is 0 Å². The smallest absolute Gasteiger partial charge is 0.211 e. The summed E-state index contributed by atoms with van der Waals surface area (Å²) < 4.78 is 0. The number of nitrogens with zero attached hydrogens (tertiary/aromatic N) is 4. The molecule has 0 aromatic heterocycles. The average Bonchev–Trinajstić information content (AvgIpc) is 2.41. The van der Waals surface area contributed by atoms with Crippen molar-refractivity contribution in [2.24, 2.45) is 43.3 Å². The highest BCUT2D eigenvalue weighted by molar-refractivity contribution is 6.04. The predicted octanol–water partition coefficient (Wildman–Crippen LogP) is -0.0102. The third kappa shape index (κ3) is 5.31. The zero-order chi connectivity index (χ0) is 16.0. The Bertz CT molecular complexity index is 579. The average molecular weight is 288 g/mol. The van der Waals surface area contributed by atoms with Crippen molar-refractivity contribution in [2.45, 2.75) is 20.8 Å². The summed E-state index contributed by atoms with van der Waals surface area (Å²) in [5, 5.41) is 15.2. The number of nitrogens with two attached hydrogens (primary N) is 4. The van der Waals surface area contributed by atoms with Gasteiger partial charge in [-0.1, -0.05) is 12.1 Å². The lowest BCUT2D eigenvalue weighted by molar-refractivity contribution is 1.19. The van der Waals surface area contributed by atoms with Gasteiger partial charge in [-0.25, -0.2) is 0 Å². The van der Waals surface area contributed by atoms with E-state index in [1.54, 1.807) is 0 Å². The van der Waals surface area contributed by atoms with Gasteiger partial charge in [-0.05, 0) is 43.5 Å². The molecule has 0 atom stereocenters. The summed E-state index contributed by atoms with van der Waals surface area (Å²) in [6, 6.07) is 5.85. The lowest BCUT2D eigenvalue weighted by Gasteiger charge is -2.06. The first-order valence-electron chi connectivity index (χ1n) is 6.18. The zero-order valence-electron chi connectivity index (χ0n) is 12.3. The summed E-state index contributed by atoms with van der Waals surface area (Å²) in [5.41, 5.74) is 25.2. The molecule has 1 rings (SSSR count). The van der Waals surface area contributed by atoms with E-state index in [0.29, 0.717) is 11.4 Å². The van der Waals surface area contributed by atoms with E-state index in [-0.39, 0.29) is 11.9 Å². The minimum Gasteiger partial charge on any atom is -0.369 e. The molecule has 8 N–H and O–H groups in total. The summed E-state index contributed by atoms with van der Waals surface area (Å²) in [5.74, 6) is -0.180.